The summed E-state index contributed by atoms with van der Waals surface area (Å²) in [6.45, 7) is 3.68. The smallest absolute Gasteiger partial charge is 0.407 e. The van der Waals surface area contributed by atoms with Crippen molar-refractivity contribution in [3.63, 3.8) is 0 Å². The van der Waals surface area contributed by atoms with Gasteiger partial charge in [0.25, 0.3) is 17.7 Å². The van der Waals surface area contributed by atoms with E-state index in [1.807, 2.05) is 0 Å². The number of nitrogens with two attached hydrogens (primary N) is 1. The average molecular weight is 1270 g/mol. The number of aromatic hydroxyl groups is 2. The summed E-state index contributed by atoms with van der Waals surface area (Å²) in [6.07, 6.45) is -6.22. The first kappa shape index (κ1) is 68.9. The monoisotopic (exact) mass is 1270 g/mol. The molecule has 0 radical (unpaired) electrons. The number of aliphatic hydroxyl groups is 3. The largest absolute Gasteiger partial charge is 0.507 e. The fraction of sp³-hybridized carbons (Fsp3) is 0.467. The van der Waals surface area contributed by atoms with Crippen LogP contribution in [0.25, 0.3) is 0 Å². The second kappa shape index (κ2) is 30.3. The lowest BCUT2D eigenvalue weighted by atomic mass is 9.72. The van der Waals surface area contributed by atoms with Crippen molar-refractivity contribution in [3.8, 4) is 23.0 Å². The van der Waals surface area contributed by atoms with Crippen LogP contribution in [0.1, 0.15) is 121 Å². The minimum Gasteiger partial charge on any atom is -0.507 e. The van der Waals surface area contributed by atoms with Crippen LogP contribution in [0, 0.1) is 5.92 Å². The molecular weight excluding hydrogens is 1200 g/mol. The fourth-order valence-electron chi connectivity index (χ4n) is 10.8. The number of amides is 10. The van der Waals surface area contributed by atoms with Crippen LogP contribution in [-0.2, 0) is 65.6 Å². The van der Waals surface area contributed by atoms with Crippen molar-refractivity contribution in [1.82, 2.24) is 36.8 Å². The fourth-order valence-corrected chi connectivity index (χ4v) is 10.8. The number of carbonyl (C=O) groups is 12. The van der Waals surface area contributed by atoms with Gasteiger partial charge in [-0.25, -0.2) is 9.59 Å². The van der Waals surface area contributed by atoms with Crippen molar-refractivity contribution in [2.24, 2.45) is 11.7 Å². The summed E-state index contributed by atoms with van der Waals surface area (Å²) in [6, 6.07) is 3.87. The van der Waals surface area contributed by atoms with E-state index in [0.29, 0.717) is 0 Å². The van der Waals surface area contributed by atoms with Gasteiger partial charge in [0.05, 0.1) is 42.0 Å². The Morgan fingerprint density at radius 2 is 1.53 bits per heavy atom. The highest BCUT2D eigenvalue weighted by molar-refractivity contribution is 6.31. The van der Waals surface area contributed by atoms with Crippen molar-refractivity contribution in [1.29, 1.82) is 0 Å². The predicted octanol–water partition coefficient (Wildman–Crippen LogP) is -0.682. The first-order chi connectivity index (χ1) is 43.2. The number of rotatable bonds is 28. The Hall–Kier alpha value is -9.56. The van der Waals surface area contributed by atoms with E-state index in [9.17, 15) is 83.1 Å². The van der Waals surface area contributed by atoms with Gasteiger partial charge in [-0.1, -0.05) is 26.0 Å². The Bertz CT molecular complexity index is 3390. The van der Waals surface area contributed by atoms with Crippen LogP contribution in [-0.4, -0.2) is 190 Å². The van der Waals surface area contributed by atoms with E-state index in [-0.39, 0.29) is 96.9 Å². The number of phenolic OH excluding ortho intramolecular Hbond substituents is 2. The van der Waals surface area contributed by atoms with E-state index in [4.69, 9.17) is 29.4 Å². The summed E-state index contributed by atoms with van der Waals surface area (Å²) in [7, 11) is 1.26. The lowest BCUT2D eigenvalue weighted by molar-refractivity contribution is -0.249. The average Bonchev–Trinajstić information content (AvgIpc) is 0.977. The van der Waals surface area contributed by atoms with Gasteiger partial charge in [-0.15, -0.1) is 0 Å². The number of hydrogen-bond acceptors (Lipinski definition) is 22. The lowest BCUT2D eigenvalue weighted by Crippen LogP contribution is -2.56. The maximum absolute atomic E-state index is 14.2. The Morgan fingerprint density at radius 1 is 0.846 bits per heavy atom. The summed E-state index contributed by atoms with van der Waals surface area (Å²) in [5.74, 6) is -9.20. The van der Waals surface area contributed by atoms with Gasteiger partial charge in [0.1, 0.15) is 60.0 Å². The summed E-state index contributed by atoms with van der Waals surface area (Å²) in [4.78, 5) is 156. The number of nitrogens with zero attached hydrogens (tertiary/aromatic N) is 1. The van der Waals surface area contributed by atoms with Crippen LogP contribution < -0.4 is 52.4 Å². The number of ether oxygens (including phenoxy) is 5. The molecule has 10 amide bonds. The van der Waals surface area contributed by atoms with Crippen molar-refractivity contribution in [3.05, 3.63) is 87.5 Å². The molecule has 3 aromatic rings. The van der Waals surface area contributed by atoms with Crippen molar-refractivity contribution < 1.29 is 107 Å². The van der Waals surface area contributed by atoms with Gasteiger partial charge in [0.2, 0.25) is 29.4 Å². The summed E-state index contributed by atoms with van der Waals surface area (Å²) in [5, 5.41) is 74.9. The number of nitrogens with one attached hydrogen (secondary N) is 7. The number of Topliss-reactive ketones (excluding diaryl/α,β-unsaturated/α-hetero) is 1. The summed E-state index contributed by atoms with van der Waals surface area (Å²) < 4.78 is 29.1. The standard InChI is InChI=1S/C60H73N9O22/c1-28(2)50(65-30(4)71)57(83)67-35(10-7-17-64-58(61)84)56(82)66-32-13-12-31(38(21-32)88-27-42(74)63-19-8-18-62-41(73)16-20-69-43(75)14-15-44(69)76)26-89-59(85)68-36-22-45(90-29(3)51(36)77)91-39-24-60(86,40(72)25-70)23-34-47(39)55(81)49-48(53(34)79)52(78)33-9-6-11-37(87-5)46(33)54(49)80/h6,9,11-15,21,28-29,35-36,39,45,50-51,70,77,79,81,86H,7-8,10,16-20,22-27H2,1-5H3,(H,62,73)(H,63,74)(H,65,71)(H,66,82)(H,67,83)(H,68,85)(H3,61,64,84)/t29-,35-,36-,39-,45-,50-,51+,60-/m0/s1. The van der Waals surface area contributed by atoms with E-state index in [1.165, 1.54) is 57.4 Å². The number of benzene rings is 3. The summed E-state index contributed by atoms with van der Waals surface area (Å²) in [5.41, 5.74) is 0.643. The molecule has 1 fully saturated rings. The molecule has 14 N–H and O–H groups in total. The number of imide groups is 1. The van der Waals surface area contributed by atoms with E-state index in [0.717, 1.165) is 17.1 Å². The number of alkyl carbamates (subject to hydrolysis) is 1. The maximum Gasteiger partial charge on any atom is 0.407 e. The molecule has 1 saturated heterocycles. The zero-order valence-electron chi connectivity index (χ0n) is 50.3. The van der Waals surface area contributed by atoms with Crippen molar-refractivity contribution in [2.75, 3.05) is 51.8 Å². The van der Waals surface area contributed by atoms with Gasteiger partial charge in [0.15, 0.2) is 24.5 Å². The number of carbonyl (C=O) groups excluding carboxylic acids is 12. The van der Waals surface area contributed by atoms with Crippen LogP contribution in [0.5, 0.6) is 23.0 Å². The van der Waals surface area contributed by atoms with Crippen molar-refractivity contribution in [2.45, 2.75) is 128 Å². The number of hydrogen-bond donors (Lipinski definition) is 13. The third-order valence-corrected chi connectivity index (χ3v) is 15.5. The molecule has 8 atom stereocenters. The molecule has 31 nitrogen and oxygen atoms in total. The number of ketones is 3. The molecule has 7 rings (SSSR count). The molecule has 91 heavy (non-hydrogen) atoms. The van der Waals surface area contributed by atoms with E-state index < -0.39 is 187 Å². The minimum atomic E-state index is -2.48. The molecule has 2 heterocycles. The molecule has 31 heteroatoms. The Labute approximate surface area is 520 Å². The number of phenols is 2. The van der Waals surface area contributed by atoms with Gasteiger partial charge < -0.3 is 92.2 Å². The van der Waals surface area contributed by atoms with E-state index in [2.05, 4.69) is 37.2 Å². The first-order valence-corrected chi connectivity index (χ1v) is 29.1. The predicted molar refractivity (Wildman–Crippen MR) is 314 cm³/mol. The number of urea groups is 1. The van der Waals surface area contributed by atoms with Gasteiger partial charge >= 0.3 is 12.1 Å². The van der Waals surface area contributed by atoms with Crippen LogP contribution >= 0.6 is 0 Å². The van der Waals surface area contributed by atoms with Crippen LogP contribution in [0.3, 0.4) is 0 Å². The molecule has 2 aliphatic carbocycles. The third-order valence-electron chi connectivity index (χ3n) is 15.5. The topological polar surface area (TPSA) is 466 Å². The molecule has 0 aromatic heterocycles. The molecule has 0 bridgehead atoms. The lowest BCUT2D eigenvalue weighted by Gasteiger charge is -2.42. The van der Waals surface area contributed by atoms with Crippen molar-refractivity contribution >= 4 is 76.5 Å². The van der Waals surface area contributed by atoms with Gasteiger partial charge in [-0.05, 0) is 50.3 Å². The number of methoxy groups -OCH3 is 1. The minimum absolute atomic E-state index is 0.0101. The van der Waals surface area contributed by atoms with Gasteiger partial charge in [-0.2, -0.15) is 0 Å². The van der Waals surface area contributed by atoms with Gasteiger partial charge in [-0.3, -0.25) is 52.8 Å². The van der Waals surface area contributed by atoms with E-state index in [1.54, 1.807) is 13.8 Å². The highest BCUT2D eigenvalue weighted by Gasteiger charge is 2.51. The number of primary amides is 1. The zero-order valence-corrected chi connectivity index (χ0v) is 50.3. The highest BCUT2D eigenvalue weighted by atomic mass is 16.7. The molecule has 0 unspecified atom stereocenters. The van der Waals surface area contributed by atoms with Crippen LogP contribution in [0.4, 0.5) is 15.3 Å². The van der Waals surface area contributed by atoms with Crippen LogP contribution in [0.15, 0.2) is 48.6 Å². The molecule has 4 aliphatic rings. The molecule has 3 aromatic carbocycles. The quantitative estimate of drug-likeness (QED) is 0.0190. The normalized spacial score (nSPS) is 20.5. The first-order valence-electron chi connectivity index (χ1n) is 29.1. The van der Waals surface area contributed by atoms with E-state index >= 15 is 0 Å². The highest BCUT2D eigenvalue weighted by Crippen LogP contribution is 2.52. The number of fused-ring (bicyclic) bond motifs is 3. The third kappa shape index (κ3) is 16.6. The molecule has 0 spiro atoms. The second-order valence-corrected chi connectivity index (χ2v) is 22.3. The SMILES string of the molecule is COc1cccc2c1C(=O)c1c(O)c3c(c(O)c1C2=O)C[C@@](O)(C(=O)CO)C[C@@H]3O[C@H]1C[C@H](NC(=O)OCc2ccc(NC(=O)[C@H](CCCNC(N)=O)NC(=O)[C@@H](NC(C)=O)C(C)C)cc2OCC(=O)NCCCNC(=O)CCN2C(=O)C=CC2=O)[C@H](O)[C@H](C)O1. The maximum atomic E-state index is 14.2. The van der Waals surface area contributed by atoms with Gasteiger partial charge in [0, 0.05) is 105 Å². The Balaban J connectivity index is 1.06. The Morgan fingerprint density at radius 3 is 2.19 bits per heavy atom. The molecule has 0 saturated carbocycles. The molecular formula is C60H73N9O22. The second-order valence-electron chi connectivity index (χ2n) is 22.3. The number of aliphatic hydroxyl groups excluding tert-OH is 2. The molecule has 2 aliphatic heterocycles. The zero-order chi connectivity index (χ0) is 66.6. The van der Waals surface area contributed by atoms with Crippen LogP contribution in [0.2, 0.25) is 0 Å². The number of anilines is 1. The summed E-state index contributed by atoms with van der Waals surface area (Å²) >= 11 is 0. The Kier molecular flexibility index (Phi) is 22.9. The molecule has 490 valence electrons.